The minimum atomic E-state index is -1.29. The van der Waals surface area contributed by atoms with Crippen LogP contribution in [0.1, 0.15) is 77.7 Å². The van der Waals surface area contributed by atoms with Crippen LogP contribution in [-0.2, 0) is 16.1 Å². The Morgan fingerprint density at radius 1 is 1.14 bits per heavy atom. The number of carbonyl (C=O) groups excluding carboxylic acids is 1. The fourth-order valence-corrected chi connectivity index (χ4v) is 5.06. The van der Waals surface area contributed by atoms with Gasteiger partial charge in [0, 0.05) is 16.2 Å². The number of aliphatic carboxylic acids is 1. The van der Waals surface area contributed by atoms with Crippen molar-refractivity contribution in [1.29, 1.82) is 0 Å². The fraction of sp³-hybridized carbons (Fsp3) is 0.483. The highest BCUT2D eigenvalue weighted by atomic mass is 32.2. The highest BCUT2D eigenvalue weighted by Crippen LogP contribution is 2.31. The van der Waals surface area contributed by atoms with Crippen LogP contribution in [0.15, 0.2) is 63.3 Å². The minimum Gasteiger partial charge on any atom is -0.478 e. The van der Waals surface area contributed by atoms with E-state index in [0.29, 0.717) is 12.3 Å². The van der Waals surface area contributed by atoms with Crippen LogP contribution in [0.2, 0.25) is 0 Å². The Bertz CT molecular complexity index is 1040. The molecular formula is C29H38N2O4S. The van der Waals surface area contributed by atoms with E-state index in [9.17, 15) is 14.7 Å². The Morgan fingerprint density at radius 2 is 1.86 bits per heavy atom. The zero-order valence-corrected chi connectivity index (χ0v) is 22.4. The van der Waals surface area contributed by atoms with Gasteiger partial charge in [0.05, 0.1) is 17.9 Å². The molecule has 1 aliphatic carbocycles. The molecule has 2 aromatic rings. The molecule has 2 aromatic carbocycles. The molecule has 1 aliphatic rings. The average molecular weight is 511 g/mol. The number of carboxylic acids is 1. The maximum Gasteiger partial charge on any atom is 0.347 e. The second-order valence-electron chi connectivity index (χ2n) is 9.96. The first kappa shape index (κ1) is 27.8. The summed E-state index contributed by atoms with van der Waals surface area (Å²) in [5.74, 6) is 0.453. The molecule has 0 heterocycles. The molecule has 0 atom stereocenters. The number of rotatable bonds is 12. The molecule has 36 heavy (non-hydrogen) atoms. The van der Waals surface area contributed by atoms with Crippen LogP contribution < -0.4 is 10.1 Å². The van der Waals surface area contributed by atoms with Gasteiger partial charge in [-0.05, 0) is 69.0 Å². The SMILES string of the molecule is CCCCC(=NCc1ccc(Sc2cccc(OC(C)(C)C(=O)O)c2)cc1)NC1(C=O)CCCCC1. The summed E-state index contributed by atoms with van der Waals surface area (Å²) < 4.78 is 5.66. The van der Waals surface area contributed by atoms with Crippen LogP contribution in [0.3, 0.4) is 0 Å². The van der Waals surface area contributed by atoms with Crippen molar-refractivity contribution in [2.45, 2.75) is 99.6 Å². The Morgan fingerprint density at radius 3 is 2.50 bits per heavy atom. The summed E-state index contributed by atoms with van der Waals surface area (Å²) in [5, 5.41) is 12.8. The fourth-order valence-electron chi connectivity index (χ4n) is 4.19. The van der Waals surface area contributed by atoms with Crippen LogP contribution >= 0.6 is 11.8 Å². The molecular weight excluding hydrogens is 472 g/mol. The number of benzene rings is 2. The van der Waals surface area contributed by atoms with Gasteiger partial charge >= 0.3 is 5.97 Å². The number of hydrogen-bond acceptors (Lipinski definition) is 5. The standard InChI is InChI=1S/C29H38N2O4S/c1-4-5-12-26(31-29(21-32)17-7-6-8-18-29)30-20-22-13-15-24(16-14-22)36-25-11-9-10-23(19-25)35-28(2,3)27(33)34/h9-11,13-16,19,21H,4-8,12,17-18,20H2,1-3H3,(H,30,31)(H,33,34). The molecule has 6 nitrogen and oxygen atoms in total. The van der Waals surface area contributed by atoms with E-state index in [0.717, 1.165) is 72.4 Å². The van der Waals surface area contributed by atoms with Crippen LogP contribution in [0.4, 0.5) is 0 Å². The van der Waals surface area contributed by atoms with E-state index in [4.69, 9.17) is 9.73 Å². The number of hydrogen-bond donors (Lipinski definition) is 2. The Hall–Kier alpha value is -2.80. The summed E-state index contributed by atoms with van der Waals surface area (Å²) in [6, 6.07) is 15.7. The van der Waals surface area contributed by atoms with E-state index >= 15 is 0 Å². The van der Waals surface area contributed by atoms with Crippen LogP contribution in [-0.4, -0.2) is 34.3 Å². The molecule has 0 saturated heterocycles. The molecule has 194 valence electrons. The lowest BCUT2D eigenvalue weighted by molar-refractivity contribution is -0.152. The number of aldehydes is 1. The first-order chi connectivity index (χ1) is 17.2. The summed E-state index contributed by atoms with van der Waals surface area (Å²) in [6.45, 7) is 5.81. The number of unbranched alkanes of at least 4 members (excludes halogenated alkanes) is 1. The van der Waals surface area contributed by atoms with E-state index in [2.05, 4.69) is 36.5 Å². The average Bonchev–Trinajstić information content (AvgIpc) is 2.87. The number of amidine groups is 1. The predicted molar refractivity (Wildman–Crippen MR) is 145 cm³/mol. The van der Waals surface area contributed by atoms with Gasteiger partial charge in [-0.1, -0.05) is 62.6 Å². The first-order valence-corrected chi connectivity index (χ1v) is 13.6. The smallest absolute Gasteiger partial charge is 0.347 e. The summed E-state index contributed by atoms with van der Waals surface area (Å²) in [4.78, 5) is 30.2. The van der Waals surface area contributed by atoms with Crippen molar-refractivity contribution in [2.24, 2.45) is 4.99 Å². The third kappa shape index (κ3) is 8.12. The topological polar surface area (TPSA) is 88.0 Å². The number of nitrogens with one attached hydrogen (secondary N) is 1. The molecule has 0 radical (unpaired) electrons. The number of aliphatic imine (C=N–C) groups is 1. The molecule has 3 rings (SSSR count). The minimum absolute atomic E-state index is 0.455. The molecule has 0 aromatic heterocycles. The van der Waals surface area contributed by atoms with Gasteiger partial charge in [-0.15, -0.1) is 0 Å². The lowest BCUT2D eigenvalue weighted by atomic mass is 9.82. The molecule has 2 N–H and O–H groups in total. The molecule has 0 bridgehead atoms. The zero-order chi connectivity index (χ0) is 26.0. The van der Waals surface area contributed by atoms with Gasteiger partial charge in [0.25, 0.3) is 0 Å². The Balaban J connectivity index is 1.64. The van der Waals surface area contributed by atoms with Crippen molar-refractivity contribution >= 4 is 29.9 Å². The van der Waals surface area contributed by atoms with Crippen LogP contribution in [0.5, 0.6) is 5.75 Å². The van der Waals surface area contributed by atoms with Gasteiger partial charge in [-0.3, -0.25) is 4.99 Å². The van der Waals surface area contributed by atoms with Crippen LogP contribution in [0.25, 0.3) is 0 Å². The van der Waals surface area contributed by atoms with Gasteiger partial charge in [-0.25, -0.2) is 4.79 Å². The monoisotopic (exact) mass is 510 g/mol. The predicted octanol–water partition coefficient (Wildman–Crippen LogP) is 6.66. The van der Waals surface area contributed by atoms with Gasteiger partial charge < -0.3 is 20.0 Å². The lowest BCUT2D eigenvalue weighted by Crippen LogP contribution is -2.51. The third-order valence-electron chi connectivity index (χ3n) is 6.44. The van der Waals surface area contributed by atoms with Crippen molar-refractivity contribution in [1.82, 2.24) is 5.32 Å². The van der Waals surface area contributed by atoms with Crippen molar-refractivity contribution in [3.63, 3.8) is 0 Å². The van der Waals surface area contributed by atoms with Gasteiger partial charge in [0.1, 0.15) is 12.0 Å². The number of carboxylic acid groups (broad SMARTS) is 1. The number of carbonyl (C=O) groups is 2. The van der Waals surface area contributed by atoms with Crippen molar-refractivity contribution in [2.75, 3.05) is 0 Å². The molecule has 0 spiro atoms. The molecule has 1 fully saturated rings. The quantitative estimate of drug-likeness (QED) is 0.189. The third-order valence-corrected chi connectivity index (χ3v) is 7.43. The van der Waals surface area contributed by atoms with E-state index in [1.807, 2.05) is 18.2 Å². The van der Waals surface area contributed by atoms with E-state index < -0.39 is 17.1 Å². The normalized spacial score (nSPS) is 15.8. The van der Waals surface area contributed by atoms with Gasteiger partial charge in [0.2, 0.25) is 0 Å². The molecule has 7 heteroatoms. The number of nitrogens with zero attached hydrogens (tertiary/aromatic N) is 1. The second kappa shape index (κ2) is 12.9. The second-order valence-corrected chi connectivity index (χ2v) is 11.1. The maximum atomic E-state index is 11.9. The first-order valence-electron chi connectivity index (χ1n) is 12.8. The van der Waals surface area contributed by atoms with Gasteiger partial charge in [0.15, 0.2) is 5.60 Å². The summed E-state index contributed by atoms with van der Waals surface area (Å²) in [5.41, 5.74) is -0.638. The van der Waals surface area contributed by atoms with Gasteiger partial charge in [-0.2, -0.15) is 0 Å². The highest BCUT2D eigenvalue weighted by Gasteiger charge is 2.32. The summed E-state index contributed by atoms with van der Waals surface area (Å²) >= 11 is 1.59. The molecule has 0 aliphatic heterocycles. The Labute approximate surface area is 218 Å². The zero-order valence-electron chi connectivity index (χ0n) is 21.6. The molecule has 1 saturated carbocycles. The van der Waals surface area contributed by atoms with Crippen molar-refractivity contribution in [3.8, 4) is 5.75 Å². The van der Waals surface area contributed by atoms with E-state index in [1.54, 1.807) is 17.8 Å². The van der Waals surface area contributed by atoms with Crippen molar-refractivity contribution in [3.05, 3.63) is 54.1 Å². The summed E-state index contributed by atoms with van der Waals surface area (Å²) in [6.07, 6.45) is 9.21. The molecule has 0 amide bonds. The lowest BCUT2D eigenvalue weighted by Gasteiger charge is -2.34. The maximum absolute atomic E-state index is 11.9. The molecule has 0 unspecified atom stereocenters. The van der Waals surface area contributed by atoms with E-state index in [-0.39, 0.29) is 0 Å². The van der Waals surface area contributed by atoms with Crippen LogP contribution in [0, 0.1) is 0 Å². The van der Waals surface area contributed by atoms with Crippen molar-refractivity contribution < 1.29 is 19.4 Å². The number of ether oxygens (including phenoxy) is 1. The Kier molecular flexibility index (Phi) is 9.99. The largest absolute Gasteiger partial charge is 0.478 e. The highest BCUT2D eigenvalue weighted by molar-refractivity contribution is 7.99. The van der Waals surface area contributed by atoms with E-state index in [1.165, 1.54) is 20.3 Å². The summed E-state index contributed by atoms with van der Waals surface area (Å²) in [7, 11) is 0.